The van der Waals surface area contributed by atoms with E-state index in [9.17, 15) is 87.1 Å². The Morgan fingerprint density at radius 2 is 1.52 bits per heavy atom. The number of carboxylic acid groups (broad SMARTS) is 2. The Kier molecular flexibility index (Phi) is 24.3. The number of benzene rings is 2. The summed E-state index contributed by atoms with van der Waals surface area (Å²) in [6.45, 7) is 2.53. The highest BCUT2D eigenvalue weighted by atomic mass is 32.2. The topological polar surface area (TPSA) is 496 Å². The minimum atomic E-state index is -1.76. The lowest BCUT2D eigenvalue weighted by Crippen LogP contribution is -2.54. The number of allylic oxidation sites excluding steroid dienone is 1. The molecule has 520 valence electrons. The first-order valence-electron chi connectivity index (χ1n) is 30.4. The van der Waals surface area contributed by atoms with Crippen molar-refractivity contribution in [1.29, 1.82) is 0 Å². The number of pyridine rings is 1. The van der Waals surface area contributed by atoms with Crippen LogP contribution in [0.1, 0.15) is 115 Å². The van der Waals surface area contributed by atoms with E-state index in [2.05, 4.69) is 53.8 Å². The molecule has 98 heavy (non-hydrogen) atoms. The first kappa shape index (κ1) is 72.4. The lowest BCUT2D eigenvalue weighted by atomic mass is 9.93. The van der Waals surface area contributed by atoms with Crippen LogP contribution in [0.25, 0.3) is 0 Å². The smallest absolute Gasteiger partial charge is 0.363 e. The van der Waals surface area contributed by atoms with Gasteiger partial charge in [0.2, 0.25) is 23.6 Å². The second-order valence-corrected chi connectivity index (χ2v) is 24.2. The molecule has 5 aliphatic heterocycles. The van der Waals surface area contributed by atoms with Crippen LogP contribution in [0.2, 0.25) is 0 Å². The molecule has 5 fully saturated rings. The number of nitrogens with one attached hydrogen (secondary N) is 7. The van der Waals surface area contributed by atoms with Crippen LogP contribution in [0.5, 0.6) is 11.5 Å². The van der Waals surface area contributed by atoms with E-state index in [1.54, 1.807) is 12.1 Å². The number of thioether (sulfide) groups is 1. The zero-order chi connectivity index (χ0) is 71.1. The first-order chi connectivity index (χ1) is 46.7. The lowest BCUT2D eigenvalue weighted by Gasteiger charge is -2.29. The van der Waals surface area contributed by atoms with Gasteiger partial charge in [-0.15, -0.1) is 10.1 Å². The SMILES string of the molecule is C=C1CCC(=O)N1OC(=O)c1ccc(C=NCc2ccc(C(=O)NC(CC(=O)O)C(=O)N3CCCC3C(=O)CC(CC(=O)ON3C(=O)CCC3=O)C(=O)NC(C)c3cc(OC)c(OCC(=O)NC(CNC(=O)CC4SCC5NC(=O)NC54)C(=O)NCC(=O)O)cc3[N+](=O)[O-])cn2)cc1. The average molecular weight is 1380 g/mol. The van der Waals surface area contributed by atoms with Gasteiger partial charge in [-0.2, -0.15) is 11.8 Å². The van der Waals surface area contributed by atoms with E-state index in [0.29, 0.717) is 29.1 Å². The van der Waals surface area contributed by atoms with Crippen LogP contribution in [0.15, 0.2) is 72.0 Å². The van der Waals surface area contributed by atoms with Crippen molar-refractivity contribution in [2.45, 2.75) is 119 Å². The van der Waals surface area contributed by atoms with Gasteiger partial charge in [0, 0.05) is 68.6 Å². The fraction of sp³-hybridized carbons (Fsp3) is 0.426. The molecule has 1 aromatic heterocycles. The molecule has 11 amide bonds. The molecular weight excluding hydrogens is 1310 g/mol. The number of nitro benzene ring substituents is 1. The quantitative estimate of drug-likeness (QED) is 0.0126. The zero-order valence-corrected chi connectivity index (χ0v) is 53.3. The van der Waals surface area contributed by atoms with Crippen LogP contribution >= 0.6 is 11.8 Å². The molecule has 8 atom stereocenters. The third-order valence-electron chi connectivity index (χ3n) is 15.9. The molecule has 8 unspecified atom stereocenters. The summed E-state index contributed by atoms with van der Waals surface area (Å²) in [6, 6.07) is 3.81. The predicted octanol–water partition coefficient (Wildman–Crippen LogP) is -0.424. The number of ketones is 1. The fourth-order valence-corrected chi connectivity index (χ4v) is 12.4. The number of imide groups is 1. The summed E-state index contributed by atoms with van der Waals surface area (Å²) in [5.74, 6) is -15.6. The predicted molar refractivity (Wildman–Crippen MR) is 333 cm³/mol. The Labute approximate surface area is 559 Å². The van der Waals surface area contributed by atoms with Gasteiger partial charge in [0.05, 0.1) is 95.7 Å². The Balaban J connectivity index is 0.902. The second kappa shape index (κ2) is 32.8. The van der Waals surface area contributed by atoms with Gasteiger partial charge < -0.3 is 71.5 Å². The van der Waals surface area contributed by atoms with Crippen molar-refractivity contribution in [2.24, 2.45) is 10.9 Å². The van der Waals surface area contributed by atoms with Crippen molar-refractivity contribution in [3.8, 4) is 11.5 Å². The first-order valence-corrected chi connectivity index (χ1v) is 31.5. The number of fused-ring (bicyclic) bond motifs is 1. The highest BCUT2D eigenvalue weighted by Gasteiger charge is 2.45. The van der Waals surface area contributed by atoms with Crippen molar-refractivity contribution in [1.82, 2.24) is 57.2 Å². The number of carboxylic acids is 2. The van der Waals surface area contributed by atoms with Crippen LogP contribution in [-0.2, 0) is 73.8 Å². The van der Waals surface area contributed by atoms with E-state index in [-0.39, 0.29) is 108 Å². The number of aromatic nitrogens is 1. The summed E-state index contributed by atoms with van der Waals surface area (Å²) in [6.07, 6.45) is -0.162. The molecule has 0 bridgehead atoms. The number of methoxy groups -OCH3 is 1. The lowest BCUT2D eigenvalue weighted by molar-refractivity contribution is -0.385. The summed E-state index contributed by atoms with van der Waals surface area (Å²) in [4.78, 5) is 226. The van der Waals surface area contributed by atoms with Gasteiger partial charge in [0.1, 0.15) is 18.6 Å². The summed E-state index contributed by atoms with van der Waals surface area (Å²) in [5.41, 5.74) is 0.404. The minimum absolute atomic E-state index is 0.0234. The van der Waals surface area contributed by atoms with Crippen molar-refractivity contribution >= 4 is 113 Å². The molecule has 9 N–H and O–H groups in total. The standard InChI is InChI=1S/C61H67N13O23S/c1-30-6-13-49(78)72(30)97-60(90)33-9-7-32(8-10-33)23-62-25-36-12-11-34(24-63-36)56(86)68-38(20-52(81)82)59(89)71-16-4-5-41(71)43(75)17-35(18-54(85)96-73-50(79)14-15-51(73)80)57(87)66-31(2)37-19-44(94-3)45(21-42(37)74(92)93)95-28-48(77)67-39(58(88)65-27-53(83)84)26-64-47(76)22-46-55-40(29-98-46)69-61(91)70-55/h7-12,19,21,23-24,31,35,38-41,46,55H,1,4-6,13-18,20,22,25-29H2,2-3H3,(H,64,76)(H,65,88)(H,66,87)(H,67,77)(H,68,86)(H,81,82)(H,83,84)(H2,69,70,91). The maximum absolute atomic E-state index is 14.4. The maximum Gasteiger partial charge on any atom is 0.363 e. The van der Waals surface area contributed by atoms with Crippen LogP contribution in [-0.4, -0.2) is 205 Å². The molecule has 0 spiro atoms. The second-order valence-electron chi connectivity index (χ2n) is 22.9. The number of amides is 11. The number of aliphatic carboxylic acids is 2. The summed E-state index contributed by atoms with van der Waals surface area (Å²) >= 11 is 1.43. The summed E-state index contributed by atoms with van der Waals surface area (Å²) < 4.78 is 11.0. The molecule has 0 saturated carbocycles. The molecule has 36 nitrogen and oxygen atoms in total. The number of Topliss-reactive ketones (excluding diaryl/α,β-unsaturated/α-hetero) is 1. The Morgan fingerprint density at radius 3 is 2.17 bits per heavy atom. The van der Waals surface area contributed by atoms with Crippen LogP contribution in [0.4, 0.5) is 10.5 Å². The van der Waals surface area contributed by atoms with Gasteiger partial charge in [-0.05, 0) is 62.1 Å². The van der Waals surface area contributed by atoms with Gasteiger partial charge >= 0.3 is 29.9 Å². The number of hydroxylamine groups is 4. The number of likely N-dealkylation sites (tertiary alicyclic amines) is 1. The number of carbonyl (C=O) groups is 15. The number of nitrogens with zero attached hydrogens (tertiary/aromatic N) is 6. The highest BCUT2D eigenvalue weighted by Crippen LogP contribution is 2.38. The van der Waals surface area contributed by atoms with Gasteiger partial charge in [-0.1, -0.05) is 18.7 Å². The van der Waals surface area contributed by atoms with Crippen LogP contribution < -0.4 is 46.7 Å². The Morgan fingerprint density at radius 1 is 0.816 bits per heavy atom. The van der Waals surface area contributed by atoms with Crippen LogP contribution in [0.3, 0.4) is 0 Å². The van der Waals surface area contributed by atoms with Crippen LogP contribution in [0, 0.1) is 16.0 Å². The highest BCUT2D eigenvalue weighted by molar-refractivity contribution is 8.00. The molecular formula is C61H67N13O23S. The number of hydrogen-bond donors (Lipinski definition) is 9. The molecule has 8 rings (SSSR count). The van der Waals surface area contributed by atoms with Gasteiger partial charge in [-0.3, -0.25) is 77.6 Å². The molecule has 3 aromatic rings. The number of urea groups is 1. The number of carbonyl (C=O) groups excluding carboxylic acids is 13. The molecule has 5 aliphatic rings. The van der Waals surface area contributed by atoms with E-state index < -0.39 is 162 Å². The largest absolute Gasteiger partial charge is 0.493 e. The molecule has 0 radical (unpaired) electrons. The Hall–Kier alpha value is -11.4. The van der Waals surface area contributed by atoms with E-state index in [4.69, 9.17) is 24.3 Å². The summed E-state index contributed by atoms with van der Waals surface area (Å²) in [5, 5.41) is 49.8. The molecule has 5 saturated heterocycles. The maximum atomic E-state index is 14.4. The van der Waals surface area contributed by atoms with Crippen molar-refractivity contribution < 1.29 is 106 Å². The molecule has 0 aliphatic carbocycles. The zero-order valence-electron chi connectivity index (χ0n) is 52.5. The number of nitro groups is 1. The molecule has 2 aromatic carbocycles. The number of rotatable bonds is 32. The number of ether oxygens (including phenoxy) is 2. The third-order valence-corrected chi connectivity index (χ3v) is 17.4. The van der Waals surface area contributed by atoms with Crippen molar-refractivity contribution in [2.75, 3.05) is 39.1 Å². The Bertz CT molecular complexity index is 3730. The monoisotopic (exact) mass is 1380 g/mol. The number of aliphatic imine (C=N–C) groups is 1. The van der Waals surface area contributed by atoms with Gasteiger partial charge in [0.25, 0.3) is 35.2 Å². The third kappa shape index (κ3) is 19.0. The van der Waals surface area contributed by atoms with Crippen molar-refractivity contribution in [3.63, 3.8) is 0 Å². The van der Waals surface area contributed by atoms with E-state index in [0.717, 1.165) is 35.4 Å². The van der Waals surface area contributed by atoms with Gasteiger partial charge in [-0.25, -0.2) is 14.4 Å². The molecule has 37 heteroatoms. The molecule has 6 heterocycles. The van der Waals surface area contributed by atoms with Crippen molar-refractivity contribution in [3.05, 3.63) is 105 Å². The minimum Gasteiger partial charge on any atom is -0.493 e. The average Bonchev–Trinajstić information content (AvgIpc) is 1.46. The summed E-state index contributed by atoms with van der Waals surface area (Å²) in [7, 11) is 1.12. The van der Waals surface area contributed by atoms with E-state index in [1.165, 1.54) is 49.2 Å². The fourth-order valence-electron chi connectivity index (χ4n) is 11.0. The van der Waals surface area contributed by atoms with E-state index >= 15 is 0 Å². The normalized spacial score (nSPS) is 19.1. The number of hydrogen-bond acceptors (Lipinski definition) is 24. The van der Waals surface area contributed by atoms with Gasteiger partial charge in [0.15, 0.2) is 23.9 Å². The van der Waals surface area contributed by atoms with E-state index in [1.807, 2.05) is 0 Å².